The zero-order chi connectivity index (χ0) is 19.1. The number of nitrogens with zero attached hydrogens (tertiary/aromatic N) is 5. The van der Waals surface area contributed by atoms with Gasteiger partial charge in [-0.3, -0.25) is 4.90 Å². The number of piperazine rings is 1. The number of phenols is 1. The number of hydrogen-bond acceptors (Lipinski definition) is 7. The molecule has 4 heterocycles. The molecule has 144 valence electrons. The monoisotopic (exact) mass is 377 g/mol. The van der Waals surface area contributed by atoms with Crippen molar-refractivity contribution < 1.29 is 5.11 Å². The van der Waals surface area contributed by atoms with Crippen molar-refractivity contribution in [3.63, 3.8) is 0 Å². The lowest BCUT2D eigenvalue weighted by Gasteiger charge is -2.42. The molecule has 4 N–H and O–H groups in total. The molecule has 2 aliphatic rings. The van der Waals surface area contributed by atoms with Crippen LogP contribution in [0.2, 0.25) is 0 Å². The molecule has 8 heteroatoms. The number of nitrogens with one attached hydrogen (secondary N) is 1. The number of para-hydroxylation sites is 1. The molecule has 0 saturated carbocycles. The average molecular weight is 377 g/mol. The van der Waals surface area contributed by atoms with Gasteiger partial charge in [-0.2, -0.15) is 0 Å². The largest absolute Gasteiger partial charge is 0.507 e. The first-order chi connectivity index (χ1) is 13.7. The normalized spacial score (nSPS) is 21.9. The van der Waals surface area contributed by atoms with Crippen molar-refractivity contribution in [3.8, 4) is 17.0 Å². The summed E-state index contributed by atoms with van der Waals surface area (Å²) in [6.07, 6.45) is 6.02. The van der Waals surface area contributed by atoms with Crippen molar-refractivity contribution in [2.45, 2.75) is 31.5 Å². The Bertz CT molecular complexity index is 960. The Morgan fingerprint density at radius 1 is 1.14 bits per heavy atom. The van der Waals surface area contributed by atoms with Gasteiger partial charge in [-0.15, -0.1) is 10.2 Å². The smallest absolute Gasteiger partial charge is 0.169 e. The van der Waals surface area contributed by atoms with Crippen LogP contribution in [0.1, 0.15) is 18.7 Å². The van der Waals surface area contributed by atoms with Gasteiger partial charge in [0.05, 0.1) is 17.9 Å². The Balaban J connectivity index is 1.40. The molecule has 8 nitrogen and oxygen atoms in total. The van der Waals surface area contributed by atoms with Gasteiger partial charge in [-0.25, -0.2) is 4.98 Å². The molecule has 2 aromatic heterocycles. The van der Waals surface area contributed by atoms with Crippen LogP contribution in [0.15, 0.2) is 42.7 Å². The maximum atomic E-state index is 10.2. The third-order valence-electron chi connectivity index (χ3n) is 5.84. The van der Waals surface area contributed by atoms with Crippen LogP contribution in [-0.4, -0.2) is 55.3 Å². The number of rotatable bonds is 4. The van der Waals surface area contributed by atoms with Gasteiger partial charge in [-0.1, -0.05) is 12.1 Å². The number of nitrogens with two attached hydrogens (primary N) is 1. The summed E-state index contributed by atoms with van der Waals surface area (Å²) in [5.41, 5.74) is 8.37. The molecule has 0 aliphatic carbocycles. The molecule has 2 atom stereocenters. The highest BCUT2D eigenvalue weighted by molar-refractivity contribution is 5.74. The summed E-state index contributed by atoms with van der Waals surface area (Å²) >= 11 is 0. The topological polar surface area (TPSA) is 107 Å². The third-order valence-corrected chi connectivity index (χ3v) is 5.84. The number of benzene rings is 1. The van der Waals surface area contributed by atoms with Crippen LogP contribution < -0.4 is 10.6 Å². The zero-order valence-corrected chi connectivity index (χ0v) is 15.5. The van der Waals surface area contributed by atoms with Crippen molar-refractivity contribution in [1.29, 1.82) is 0 Å². The molecule has 2 unspecified atom stereocenters. The lowest BCUT2D eigenvalue weighted by Crippen LogP contribution is -2.53. The first kappa shape index (κ1) is 17.0. The van der Waals surface area contributed by atoms with E-state index >= 15 is 0 Å². The SMILES string of the molecule is Nc1nnc(-c2ccccc2O)cc1N1CC2CCC(C1)N2Cc1ncc[nH]1. The van der Waals surface area contributed by atoms with E-state index in [0.717, 1.165) is 31.1 Å². The Hall–Kier alpha value is -3.13. The molecule has 2 aliphatic heterocycles. The summed E-state index contributed by atoms with van der Waals surface area (Å²) in [6, 6.07) is 10.0. The van der Waals surface area contributed by atoms with E-state index in [1.54, 1.807) is 18.3 Å². The highest BCUT2D eigenvalue weighted by Gasteiger charge is 2.40. The standard InChI is InChI=1S/C20H23N7O/c21-20-17(9-16(24-25-20)15-3-1-2-4-18(15)28)26-10-13-5-6-14(11-26)27(13)12-19-22-7-8-23-19/h1-4,7-9,13-14,28H,5-6,10-12H2,(H2,21,25)(H,22,23). The van der Waals surface area contributed by atoms with Crippen molar-refractivity contribution in [3.05, 3.63) is 48.5 Å². The predicted molar refractivity (Wildman–Crippen MR) is 107 cm³/mol. The minimum absolute atomic E-state index is 0.191. The number of phenolic OH excluding ortho intramolecular Hbond substituents is 1. The number of H-pyrrole nitrogens is 1. The summed E-state index contributed by atoms with van der Waals surface area (Å²) in [5.74, 6) is 1.63. The highest BCUT2D eigenvalue weighted by Crippen LogP contribution is 2.37. The fourth-order valence-electron chi connectivity index (χ4n) is 4.47. The molecule has 5 rings (SSSR count). The maximum absolute atomic E-state index is 10.2. The van der Waals surface area contributed by atoms with Gasteiger partial charge in [0.15, 0.2) is 5.82 Å². The Kier molecular flexibility index (Phi) is 4.12. The summed E-state index contributed by atoms with van der Waals surface area (Å²) in [7, 11) is 0. The summed E-state index contributed by atoms with van der Waals surface area (Å²) in [5, 5.41) is 18.5. The summed E-state index contributed by atoms with van der Waals surface area (Å²) in [6.45, 7) is 2.64. The van der Waals surface area contributed by atoms with Crippen LogP contribution in [0.25, 0.3) is 11.3 Å². The van der Waals surface area contributed by atoms with Crippen molar-refractivity contribution in [2.75, 3.05) is 23.7 Å². The number of nitrogen functional groups attached to an aromatic ring is 1. The quantitative estimate of drug-likeness (QED) is 0.638. The number of anilines is 2. The number of imidazole rings is 1. The van der Waals surface area contributed by atoms with E-state index in [0.29, 0.717) is 29.2 Å². The fraction of sp³-hybridized carbons (Fsp3) is 0.350. The van der Waals surface area contributed by atoms with Gasteiger partial charge < -0.3 is 20.7 Å². The van der Waals surface area contributed by atoms with Crippen molar-refractivity contribution in [1.82, 2.24) is 25.1 Å². The molecule has 2 saturated heterocycles. The van der Waals surface area contributed by atoms with Crippen LogP contribution in [-0.2, 0) is 6.54 Å². The minimum Gasteiger partial charge on any atom is -0.507 e. The van der Waals surface area contributed by atoms with Gasteiger partial charge in [0, 0.05) is 43.1 Å². The molecular weight excluding hydrogens is 354 g/mol. The van der Waals surface area contributed by atoms with E-state index in [9.17, 15) is 5.11 Å². The fourth-order valence-corrected chi connectivity index (χ4v) is 4.47. The second kappa shape index (κ2) is 6.79. The van der Waals surface area contributed by atoms with Gasteiger partial charge in [0.1, 0.15) is 11.6 Å². The third kappa shape index (κ3) is 2.95. The van der Waals surface area contributed by atoms with E-state index < -0.39 is 0 Å². The van der Waals surface area contributed by atoms with Crippen LogP contribution in [0.5, 0.6) is 5.75 Å². The highest BCUT2D eigenvalue weighted by atomic mass is 16.3. The number of hydrogen-bond donors (Lipinski definition) is 3. The molecule has 3 aromatic rings. The first-order valence-corrected chi connectivity index (χ1v) is 9.59. The molecule has 2 bridgehead atoms. The summed E-state index contributed by atoms with van der Waals surface area (Å²) in [4.78, 5) is 12.4. The number of aromatic nitrogens is 4. The molecule has 28 heavy (non-hydrogen) atoms. The lowest BCUT2D eigenvalue weighted by molar-refractivity contribution is 0.157. The zero-order valence-electron chi connectivity index (χ0n) is 15.5. The van der Waals surface area contributed by atoms with E-state index in [-0.39, 0.29) is 5.75 Å². The molecule has 1 aromatic carbocycles. The van der Waals surface area contributed by atoms with Gasteiger partial charge in [0.2, 0.25) is 0 Å². The first-order valence-electron chi connectivity index (χ1n) is 9.59. The van der Waals surface area contributed by atoms with Crippen LogP contribution >= 0.6 is 0 Å². The van der Waals surface area contributed by atoms with E-state index in [2.05, 4.69) is 30.0 Å². The Morgan fingerprint density at radius 3 is 2.64 bits per heavy atom. The van der Waals surface area contributed by atoms with Crippen LogP contribution in [0.4, 0.5) is 11.5 Å². The van der Waals surface area contributed by atoms with Crippen molar-refractivity contribution >= 4 is 11.5 Å². The van der Waals surface area contributed by atoms with Crippen LogP contribution in [0.3, 0.4) is 0 Å². The number of fused-ring (bicyclic) bond motifs is 2. The second-order valence-corrected chi connectivity index (χ2v) is 7.52. The van der Waals surface area contributed by atoms with E-state index in [4.69, 9.17) is 5.73 Å². The lowest BCUT2D eigenvalue weighted by atomic mass is 10.1. The van der Waals surface area contributed by atoms with Gasteiger partial charge in [0.25, 0.3) is 0 Å². The molecule has 0 spiro atoms. The summed E-state index contributed by atoms with van der Waals surface area (Å²) < 4.78 is 0. The van der Waals surface area contributed by atoms with Crippen LogP contribution in [0, 0.1) is 0 Å². The average Bonchev–Trinajstić information content (AvgIpc) is 3.28. The minimum atomic E-state index is 0.191. The molecular formula is C20H23N7O. The Labute approximate surface area is 163 Å². The number of aromatic hydroxyl groups is 1. The maximum Gasteiger partial charge on any atom is 0.169 e. The molecule has 2 fully saturated rings. The second-order valence-electron chi connectivity index (χ2n) is 7.52. The van der Waals surface area contributed by atoms with Gasteiger partial charge in [-0.05, 0) is 31.0 Å². The van der Waals surface area contributed by atoms with E-state index in [1.165, 1.54) is 12.8 Å². The predicted octanol–water partition coefficient (Wildman–Crippen LogP) is 2.01. The molecule has 0 radical (unpaired) electrons. The number of aromatic amines is 1. The Morgan fingerprint density at radius 2 is 1.93 bits per heavy atom. The van der Waals surface area contributed by atoms with Crippen molar-refractivity contribution in [2.24, 2.45) is 0 Å². The van der Waals surface area contributed by atoms with E-state index in [1.807, 2.05) is 24.4 Å². The molecule has 0 amide bonds. The van der Waals surface area contributed by atoms with Gasteiger partial charge >= 0.3 is 0 Å².